The Morgan fingerprint density at radius 3 is 2.35 bits per heavy atom. The lowest BCUT2D eigenvalue weighted by molar-refractivity contribution is -0.120. The molecule has 1 amide bonds. The SMILES string of the molecule is CCOCC(=O)Nc1ccc(S(C)(=O)=O)cc1. The Bertz CT molecular complexity index is 479. The van der Waals surface area contributed by atoms with Crippen LogP contribution in [0.3, 0.4) is 0 Å². The lowest BCUT2D eigenvalue weighted by Crippen LogP contribution is -2.18. The van der Waals surface area contributed by atoms with Gasteiger partial charge in [0.05, 0.1) is 4.90 Å². The van der Waals surface area contributed by atoms with Gasteiger partial charge in [0.2, 0.25) is 5.91 Å². The van der Waals surface area contributed by atoms with E-state index >= 15 is 0 Å². The summed E-state index contributed by atoms with van der Waals surface area (Å²) in [5.74, 6) is -0.265. The zero-order chi connectivity index (χ0) is 12.9. The summed E-state index contributed by atoms with van der Waals surface area (Å²) in [6, 6.07) is 5.98. The van der Waals surface area contributed by atoms with Crippen LogP contribution in [0.5, 0.6) is 0 Å². The summed E-state index contributed by atoms with van der Waals surface area (Å²) in [5, 5.41) is 2.60. The van der Waals surface area contributed by atoms with Gasteiger partial charge >= 0.3 is 0 Å². The second-order valence-corrected chi connectivity index (χ2v) is 5.50. The van der Waals surface area contributed by atoms with Crippen LogP contribution in [-0.4, -0.2) is 33.8 Å². The van der Waals surface area contributed by atoms with E-state index in [0.717, 1.165) is 6.26 Å². The average molecular weight is 257 g/mol. The largest absolute Gasteiger partial charge is 0.372 e. The second kappa shape index (κ2) is 5.79. The van der Waals surface area contributed by atoms with Gasteiger partial charge in [-0.25, -0.2) is 8.42 Å². The van der Waals surface area contributed by atoms with Crippen LogP contribution in [-0.2, 0) is 19.4 Å². The van der Waals surface area contributed by atoms with Crippen LogP contribution in [0.1, 0.15) is 6.92 Å². The fraction of sp³-hybridized carbons (Fsp3) is 0.364. The highest BCUT2D eigenvalue weighted by Crippen LogP contribution is 2.13. The Morgan fingerprint density at radius 1 is 1.29 bits per heavy atom. The molecule has 94 valence electrons. The van der Waals surface area contributed by atoms with Crippen molar-refractivity contribution in [2.24, 2.45) is 0 Å². The normalized spacial score (nSPS) is 11.2. The first-order valence-corrected chi connectivity index (χ1v) is 7.00. The van der Waals surface area contributed by atoms with Gasteiger partial charge < -0.3 is 10.1 Å². The highest BCUT2D eigenvalue weighted by Gasteiger charge is 2.07. The molecule has 17 heavy (non-hydrogen) atoms. The van der Waals surface area contributed by atoms with E-state index in [2.05, 4.69) is 5.32 Å². The van der Waals surface area contributed by atoms with E-state index in [9.17, 15) is 13.2 Å². The molecule has 1 rings (SSSR count). The molecule has 0 aliphatic heterocycles. The van der Waals surface area contributed by atoms with Crippen LogP contribution in [0, 0.1) is 0 Å². The molecule has 1 aromatic rings. The molecule has 0 aliphatic rings. The van der Waals surface area contributed by atoms with Gasteiger partial charge in [0.1, 0.15) is 6.61 Å². The number of sulfone groups is 1. The number of hydrogen-bond donors (Lipinski definition) is 1. The predicted molar refractivity (Wildman–Crippen MR) is 64.7 cm³/mol. The maximum Gasteiger partial charge on any atom is 0.250 e. The predicted octanol–water partition coefficient (Wildman–Crippen LogP) is 1.07. The highest BCUT2D eigenvalue weighted by atomic mass is 32.2. The molecule has 0 unspecified atom stereocenters. The smallest absolute Gasteiger partial charge is 0.250 e. The Labute approximate surface area is 101 Å². The van der Waals surface area contributed by atoms with E-state index in [-0.39, 0.29) is 17.4 Å². The molecular weight excluding hydrogens is 242 g/mol. The minimum absolute atomic E-state index is 0.00960. The average Bonchev–Trinajstić information content (AvgIpc) is 2.26. The Hall–Kier alpha value is -1.40. The number of nitrogens with one attached hydrogen (secondary N) is 1. The first-order chi connectivity index (χ1) is 7.93. The maximum absolute atomic E-state index is 11.3. The molecule has 6 heteroatoms. The molecule has 0 radical (unpaired) electrons. The van der Waals surface area contributed by atoms with E-state index in [1.807, 2.05) is 0 Å². The summed E-state index contributed by atoms with van der Waals surface area (Å²) in [6.07, 6.45) is 1.13. The highest BCUT2D eigenvalue weighted by molar-refractivity contribution is 7.90. The minimum Gasteiger partial charge on any atom is -0.372 e. The number of carbonyl (C=O) groups is 1. The molecule has 0 aliphatic carbocycles. The third kappa shape index (κ3) is 4.54. The summed E-state index contributed by atoms with van der Waals surface area (Å²) in [4.78, 5) is 11.5. The zero-order valence-electron chi connectivity index (χ0n) is 9.76. The molecule has 0 heterocycles. The topological polar surface area (TPSA) is 72.5 Å². The van der Waals surface area contributed by atoms with Gasteiger partial charge in [-0.3, -0.25) is 4.79 Å². The van der Waals surface area contributed by atoms with Crippen molar-refractivity contribution in [2.45, 2.75) is 11.8 Å². The third-order valence-electron chi connectivity index (χ3n) is 2.00. The number of ether oxygens (including phenoxy) is 1. The van der Waals surface area contributed by atoms with Gasteiger partial charge in [-0.05, 0) is 31.2 Å². The Kier molecular flexibility index (Phi) is 4.65. The quantitative estimate of drug-likeness (QED) is 0.856. The van der Waals surface area contributed by atoms with E-state index in [1.54, 1.807) is 19.1 Å². The molecule has 0 saturated heterocycles. The number of carbonyl (C=O) groups excluding carboxylic acids is 1. The number of benzene rings is 1. The minimum atomic E-state index is -3.20. The van der Waals surface area contributed by atoms with Gasteiger partial charge in [-0.15, -0.1) is 0 Å². The number of amides is 1. The van der Waals surface area contributed by atoms with Crippen LogP contribution < -0.4 is 5.32 Å². The second-order valence-electron chi connectivity index (χ2n) is 3.48. The van der Waals surface area contributed by atoms with Crippen LogP contribution in [0.15, 0.2) is 29.2 Å². The molecular formula is C11H15NO4S. The molecule has 0 bridgehead atoms. The van der Waals surface area contributed by atoms with Crippen LogP contribution in [0.4, 0.5) is 5.69 Å². The first-order valence-electron chi connectivity index (χ1n) is 5.11. The summed E-state index contributed by atoms with van der Waals surface area (Å²) in [7, 11) is -3.20. The van der Waals surface area contributed by atoms with Gasteiger partial charge in [0.15, 0.2) is 9.84 Å². The molecule has 0 aromatic heterocycles. The van der Waals surface area contributed by atoms with Crippen LogP contribution >= 0.6 is 0 Å². The summed E-state index contributed by atoms with van der Waals surface area (Å²) in [6.45, 7) is 2.26. The van der Waals surface area contributed by atoms with Gasteiger partial charge in [-0.1, -0.05) is 0 Å². The van der Waals surface area contributed by atoms with E-state index in [4.69, 9.17) is 4.74 Å². The van der Waals surface area contributed by atoms with Crippen molar-refractivity contribution in [1.29, 1.82) is 0 Å². The lowest BCUT2D eigenvalue weighted by Gasteiger charge is -2.05. The first kappa shape index (κ1) is 13.7. The standard InChI is InChI=1S/C11H15NO4S/c1-3-16-8-11(13)12-9-4-6-10(7-5-9)17(2,14)15/h4-7H,3,8H2,1-2H3,(H,12,13). The molecule has 0 atom stereocenters. The van der Waals surface area contributed by atoms with Crippen molar-refractivity contribution >= 4 is 21.4 Å². The van der Waals surface area contributed by atoms with E-state index in [1.165, 1.54) is 12.1 Å². The van der Waals surface area contributed by atoms with Crippen LogP contribution in [0.2, 0.25) is 0 Å². The fourth-order valence-electron chi connectivity index (χ4n) is 1.18. The summed E-state index contributed by atoms with van der Waals surface area (Å²) < 4.78 is 27.3. The molecule has 5 nitrogen and oxygen atoms in total. The van der Waals surface area contributed by atoms with Gasteiger partial charge in [-0.2, -0.15) is 0 Å². The molecule has 1 N–H and O–H groups in total. The number of hydrogen-bond acceptors (Lipinski definition) is 4. The van der Waals surface area contributed by atoms with Gasteiger partial charge in [0, 0.05) is 18.6 Å². The third-order valence-corrected chi connectivity index (χ3v) is 3.13. The van der Waals surface area contributed by atoms with Crippen molar-refractivity contribution in [3.05, 3.63) is 24.3 Å². The Morgan fingerprint density at radius 2 is 1.88 bits per heavy atom. The summed E-state index contributed by atoms with van der Waals surface area (Å²) >= 11 is 0. The monoisotopic (exact) mass is 257 g/mol. The van der Waals surface area contributed by atoms with E-state index in [0.29, 0.717) is 12.3 Å². The number of rotatable bonds is 5. The maximum atomic E-state index is 11.3. The summed E-state index contributed by atoms with van der Waals surface area (Å²) in [5.41, 5.74) is 0.544. The van der Waals surface area contributed by atoms with Crippen molar-refractivity contribution in [1.82, 2.24) is 0 Å². The molecule has 0 saturated carbocycles. The van der Waals surface area contributed by atoms with Crippen LogP contribution in [0.25, 0.3) is 0 Å². The van der Waals surface area contributed by atoms with Crippen molar-refractivity contribution < 1.29 is 17.9 Å². The van der Waals surface area contributed by atoms with E-state index < -0.39 is 9.84 Å². The fourth-order valence-corrected chi connectivity index (χ4v) is 1.81. The van der Waals surface area contributed by atoms with Gasteiger partial charge in [0.25, 0.3) is 0 Å². The van der Waals surface area contributed by atoms with Crippen molar-refractivity contribution in [2.75, 3.05) is 24.8 Å². The van der Waals surface area contributed by atoms with Crippen molar-refractivity contribution in [3.63, 3.8) is 0 Å². The molecule has 0 spiro atoms. The molecule has 1 aromatic carbocycles. The number of anilines is 1. The Balaban J connectivity index is 2.66. The lowest BCUT2D eigenvalue weighted by atomic mass is 10.3. The molecule has 0 fully saturated rings. The van der Waals surface area contributed by atoms with Crippen molar-refractivity contribution in [3.8, 4) is 0 Å². The zero-order valence-corrected chi connectivity index (χ0v) is 10.6.